The molecule has 4 aromatic rings. The minimum absolute atomic E-state index is 0.114. The van der Waals surface area contributed by atoms with Crippen LogP contribution in [0.1, 0.15) is 23.8 Å². The molecule has 0 fully saturated rings. The molecular weight excluding hydrogens is 422 g/mol. The number of para-hydroxylation sites is 1. The first-order chi connectivity index (χ1) is 14.6. The first-order valence-corrected chi connectivity index (χ1v) is 12.0. The lowest BCUT2D eigenvalue weighted by atomic mass is 10.1. The normalized spacial score (nSPS) is 15.1. The molecule has 0 bridgehead atoms. The molecule has 0 aliphatic carbocycles. The van der Waals surface area contributed by atoms with Crippen molar-refractivity contribution in [3.63, 3.8) is 0 Å². The SMILES string of the molecule is O=S(=O)(N[C@@H](c1ccsc1)c1cc2ccccc2o1)c1ccc2c(c1)OCCCO2. The minimum atomic E-state index is -3.86. The fourth-order valence-corrected chi connectivity index (χ4v) is 5.30. The van der Waals surface area contributed by atoms with Gasteiger partial charge in [-0.1, -0.05) is 18.2 Å². The molecule has 0 unspecified atom stereocenters. The van der Waals surface area contributed by atoms with Gasteiger partial charge in [-0.15, -0.1) is 0 Å². The number of fused-ring (bicyclic) bond motifs is 2. The van der Waals surface area contributed by atoms with Crippen LogP contribution in [0.5, 0.6) is 11.5 Å². The van der Waals surface area contributed by atoms with Crippen LogP contribution in [-0.2, 0) is 10.0 Å². The van der Waals surface area contributed by atoms with Gasteiger partial charge in [0, 0.05) is 17.9 Å². The van der Waals surface area contributed by atoms with Gasteiger partial charge in [-0.25, -0.2) is 8.42 Å². The Morgan fingerprint density at radius 2 is 1.80 bits per heavy atom. The molecule has 0 radical (unpaired) electrons. The van der Waals surface area contributed by atoms with Crippen molar-refractivity contribution in [1.82, 2.24) is 4.72 Å². The zero-order valence-corrected chi connectivity index (χ0v) is 17.5. The fraction of sp³-hybridized carbons (Fsp3) is 0.182. The van der Waals surface area contributed by atoms with Crippen molar-refractivity contribution in [1.29, 1.82) is 0 Å². The van der Waals surface area contributed by atoms with Crippen LogP contribution in [0.25, 0.3) is 11.0 Å². The molecule has 0 saturated heterocycles. The standard InChI is InChI=1S/C22H19NO5S2/c24-30(25,17-6-7-19-20(13-17)27-10-3-9-26-19)23-22(16-8-11-29-14-16)21-12-15-4-1-2-5-18(15)28-21/h1-2,4-8,11-14,22-23H,3,9-10H2/t22-/m0/s1. The lowest BCUT2D eigenvalue weighted by Gasteiger charge is -2.17. The monoisotopic (exact) mass is 441 g/mol. The number of benzene rings is 2. The van der Waals surface area contributed by atoms with E-state index in [-0.39, 0.29) is 4.90 Å². The smallest absolute Gasteiger partial charge is 0.241 e. The van der Waals surface area contributed by atoms with Gasteiger partial charge in [0.2, 0.25) is 10.0 Å². The molecule has 0 spiro atoms. The van der Waals surface area contributed by atoms with E-state index in [1.54, 1.807) is 6.07 Å². The van der Waals surface area contributed by atoms with Crippen molar-refractivity contribution in [3.05, 3.63) is 76.7 Å². The molecule has 8 heteroatoms. The van der Waals surface area contributed by atoms with Gasteiger partial charge in [0.1, 0.15) is 17.4 Å². The summed E-state index contributed by atoms with van der Waals surface area (Å²) in [4.78, 5) is 0.114. The van der Waals surface area contributed by atoms with E-state index >= 15 is 0 Å². The van der Waals surface area contributed by atoms with Crippen LogP contribution in [0.2, 0.25) is 0 Å². The second-order valence-corrected chi connectivity index (χ2v) is 9.45. The van der Waals surface area contributed by atoms with Crippen molar-refractivity contribution in [2.24, 2.45) is 0 Å². The van der Waals surface area contributed by atoms with E-state index in [1.165, 1.54) is 23.5 Å². The number of hydrogen-bond acceptors (Lipinski definition) is 6. The van der Waals surface area contributed by atoms with Gasteiger partial charge in [0.05, 0.1) is 18.1 Å². The molecule has 1 N–H and O–H groups in total. The Labute approximate surface area is 178 Å². The third-order valence-electron chi connectivity index (χ3n) is 4.91. The summed E-state index contributed by atoms with van der Waals surface area (Å²) in [6.07, 6.45) is 0.751. The molecule has 2 aromatic heterocycles. The van der Waals surface area contributed by atoms with Crippen LogP contribution < -0.4 is 14.2 Å². The number of ether oxygens (including phenoxy) is 2. The Morgan fingerprint density at radius 1 is 0.967 bits per heavy atom. The number of sulfonamides is 1. The quantitative estimate of drug-likeness (QED) is 0.485. The average Bonchev–Trinajstić information content (AvgIpc) is 3.37. The summed E-state index contributed by atoms with van der Waals surface area (Å²) in [7, 11) is -3.86. The summed E-state index contributed by atoms with van der Waals surface area (Å²) in [6.45, 7) is 1.03. The first kappa shape index (κ1) is 19.2. The van der Waals surface area contributed by atoms with Gasteiger partial charge in [0.15, 0.2) is 11.5 Å². The van der Waals surface area contributed by atoms with Crippen LogP contribution >= 0.6 is 11.3 Å². The molecule has 1 aliphatic rings. The third kappa shape index (κ3) is 3.69. The van der Waals surface area contributed by atoms with Crippen LogP contribution in [0, 0.1) is 0 Å². The van der Waals surface area contributed by atoms with Crippen LogP contribution in [-0.4, -0.2) is 21.6 Å². The highest BCUT2D eigenvalue weighted by atomic mass is 32.2. The molecule has 6 nitrogen and oxygen atoms in total. The van der Waals surface area contributed by atoms with Crippen molar-refractivity contribution >= 4 is 32.3 Å². The number of nitrogens with one attached hydrogen (secondary N) is 1. The largest absolute Gasteiger partial charge is 0.490 e. The van der Waals surface area contributed by atoms with Crippen molar-refractivity contribution in [2.75, 3.05) is 13.2 Å². The molecule has 1 aliphatic heterocycles. The van der Waals surface area contributed by atoms with E-state index in [0.717, 1.165) is 17.4 Å². The highest BCUT2D eigenvalue weighted by Crippen LogP contribution is 2.34. The molecule has 0 saturated carbocycles. The second-order valence-electron chi connectivity index (χ2n) is 6.96. The fourth-order valence-electron chi connectivity index (χ4n) is 3.41. The van der Waals surface area contributed by atoms with E-state index in [0.29, 0.717) is 36.1 Å². The van der Waals surface area contributed by atoms with Gasteiger partial charge in [-0.05, 0) is 46.7 Å². The van der Waals surface area contributed by atoms with Gasteiger partial charge in [0.25, 0.3) is 0 Å². The Balaban J connectivity index is 1.52. The number of furan rings is 1. The Kier molecular flexibility index (Phi) is 4.98. The molecular formula is C22H19NO5S2. The Hall–Kier alpha value is -2.81. The second kappa shape index (κ2) is 7.79. The van der Waals surface area contributed by atoms with Gasteiger partial charge in [-0.2, -0.15) is 16.1 Å². The average molecular weight is 442 g/mol. The summed E-state index contributed by atoms with van der Waals surface area (Å²) >= 11 is 1.50. The summed E-state index contributed by atoms with van der Waals surface area (Å²) < 4.78 is 46.5. The van der Waals surface area contributed by atoms with E-state index < -0.39 is 16.1 Å². The van der Waals surface area contributed by atoms with E-state index in [9.17, 15) is 8.42 Å². The molecule has 1 atom stereocenters. The summed E-state index contributed by atoms with van der Waals surface area (Å²) in [5, 5.41) is 4.74. The van der Waals surface area contributed by atoms with Crippen LogP contribution in [0.15, 0.2) is 74.7 Å². The van der Waals surface area contributed by atoms with Gasteiger partial charge >= 0.3 is 0 Å². The van der Waals surface area contributed by atoms with E-state index in [1.807, 2.05) is 47.2 Å². The van der Waals surface area contributed by atoms with Crippen molar-refractivity contribution in [3.8, 4) is 11.5 Å². The summed E-state index contributed by atoms with van der Waals surface area (Å²) in [5.41, 5.74) is 1.53. The maximum atomic E-state index is 13.3. The number of rotatable bonds is 5. The minimum Gasteiger partial charge on any atom is -0.490 e. The maximum Gasteiger partial charge on any atom is 0.241 e. The molecule has 3 heterocycles. The zero-order chi connectivity index (χ0) is 20.6. The van der Waals surface area contributed by atoms with Gasteiger partial charge < -0.3 is 13.9 Å². The van der Waals surface area contributed by atoms with Gasteiger partial charge in [-0.3, -0.25) is 0 Å². The predicted octanol–water partition coefficient (Wildman–Crippen LogP) is 4.72. The molecule has 154 valence electrons. The first-order valence-electron chi connectivity index (χ1n) is 9.53. The summed E-state index contributed by atoms with van der Waals surface area (Å²) in [6, 6.07) is 15.4. The Bertz CT molecular complexity index is 1250. The summed E-state index contributed by atoms with van der Waals surface area (Å²) in [5.74, 6) is 1.52. The number of thiophene rings is 1. The van der Waals surface area contributed by atoms with E-state index in [4.69, 9.17) is 13.9 Å². The van der Waals surface area contributed by atoms with Crippen LogP contribution in [0.4, 0.5) is 0 Å². The third-order valence-corrected chi connectivity index (χ3v) is 7.03. The van der Waals surface area contributed by atoms with Crippen LogP contribution in [0.3, 0.4) is 0 Å². The molecule has 2 aromatic carbocycles. The molecule has 5 rings (SSSR count). The van der Waals surface area contributed by atoms with Crippen molar-refractivity contribution < 1.29 is 22.3 Å². The van der Waals surface area contributed by atoms with Crippen molar-refractivity contribution in [2.45, 2.75) is 17.4 Å². The zero-order valence-electron chi connectivity index (χ0n) is 15.9. The topological polar surface area (TPSA) is 77.8 Å². The predicted molar refractivity (Wildman–Crippen MR) is 115 cm³/mol. The lowest BCUT2D eigenvalue weighted by molar-refractivity contribution is 0.297. The number of hydrogen-bond donors (Lipinski definition) is 1. The van der Waals surface area contributed by atoms with E-state index in [2.05, 4.69) is 4.72 Å². The lowest BCUT2D eigenvalue weighted by Crippen LogP contribution is -2.29. The highest BCUT2D eigenvalue weighted by Gasteiger charge is 2.27. The molecule has 30 heavy (non-hydrogen) atoms. The Morgan fingerprint density at radius 3 is 2.60 bits per heavy atom. The highest BCUT2D eigenvalue weighted by molar-refractivity contribution is 7.89. The maximum absolute atomic E-state index is 13.3. The molecule has 0 amide bonds.